The molecule has 0 bridgehead atoms. The smallest absolute Gasteiger partial charge is 0.278 e. The number of hydrogen-bond acceptors (Lipinski definition) is 9. The lowest BCUT2D eigenvalue weighted by molar-refractivity contribution is 0.102. The van der Waals surface area contributed by atoms with Crippen LogP contribution in [-0.4, -0.2) is 54.3 Å². The first-order valence-corrected chi connectivity index (χ1v) is 11.8. The summed E-state index contributed by atoms with van der Waals surface area (Å²) in [5.41, 5.74) is 15.2. The molecule has 6 N–H and O–H groups in total. The molecule has 1 fully saturated rings. The van der Waals surface area contributed by atoms with Gasteiger partial charge >= 0.3 is 0 Å². The molecule has 1 aromatic heterocycles. The van der Waals surface area contributed by atoms with E-state index in [2.05, 4.69) is 20.2 Å². The Bertz CT molecular complexity index is 1240. The number of rotatable bonds is 7. The number of amides is 1. The van der Waals surface area contributed by atoms with Gasteiger partial charge < -0.3 is 36.3 Å². The third kappa shape index (κ3) is 5.19. The lowest BCUT2D eigenvalue weighted by Gasteiger charge is -2.33. The SMILES string of the molecule is COc1cc(-c2cnc(N)c(C(=O)Nc3ccccc3N3CCC(N)CC3)n2)cc(C(C)O)c1OC. The van der Waals surface area contributed by atoms with E-state index in [-0.39, 0.29) is 17.6 Å². The van der Waals surface area contributed by atoms with Crippen LogP contribution in [0.15, 0.2) is 42.6 Å². The minimum Gasteiger partial charge on any atom is -0.493 e. The van der Waals surface area contributed by atoms with Crippen molar-refractivity contribution in [3.8, 4) is 22.8 Å². The molecule has 10 heteroatoms. The van der Waals surface area contributed by atoms with Crippen LogP contribution in [0.5, 0.6) is 11.5 Å². The Morgan fingerprint density at radius 2 is 1.92 bits per heavy atom. The van der Waals surface area contributed by atoms with Gasteiger partial charge in [0.1, 0.15) is 0 Å². The van der Waals surface area contributed by atoms with Crippen LogP contribution in [0.3, 0.4) is 0 Å². The summed E-state index contributed by atoms with van der Waals surface area (Å²) in [7, 11) is 3.01. The van der Waals surface area contributed by atoms with E-state index in [0.717, 1.165) is 31.6 Å². The number of aliphatic hydroxyl groups excluding tert-OH is 1. The van der Waals surface area contributed by atoms with Gasteiger partial charge in [-0.1, -0.05) is 12.1 Å². The summed E-state index contributed by atoms with van der Waals surface area (Å²) >= 11 is 0. The third-order valence-corrected chi connectivity index (χ3v) is 6.30. The normalized spacial score (nSPS) is 14.9. The van der Waals surface area contributed by atoms with Gasteiger partial charge in [0.25, 0.3) is 5.91 Å². The van der Waals surface area contributed by atoms with Crippen LogP contribution in [0.1, 0.15) is 41.9 Å². The van der Waals surface area contributed by atoms with Gasteiger partial charge in [-0.3, -0.25) is 4.79 Å². The van der Waals surface area contributed by atoms with Gasteiger partial charge in [0.05, 0.1) is 43.6 Å². The number of aromatic nitrogens is 2. The zero-order valence-electron chi connectivity index (χ0n) is 20.7. The predicted octanol–water partition coefficient (Wildman–Crippen LogP) is 2.98. The molecule has 36 heavy (non-hydrogen) atoms. The largest absolute Gasteiger partial charge is 0.493 e. The number of hydrogen-bond donors (Lipinski definition) is 4. The average molecular weight is 493 g/mol. The molecule has 2 aromatic carbocycles. The van der Waals surface area contributed by atoms with E-state index in [1.54, 1.807) is 19.1 Å². The molecule has 1 saturated heterocycles. The van der Waals surface area contributed by atoms with Crippen molar-refractivity contribution in [1.29, 1.82) is 0 Å². The molecule has 2 heterocycles. The maximum Gasteiger partial charge on any atom is 0.278 e. The van der Waals surface area contributed by atoms with E-state index < -0.39 is 12.0 Å². The summed E-state index contributed by atoms with van der Waals surface area (Å²) < 4.78 is 10.9. The van der Waals surface area contributed by atoms with Crippen molar-refractivity contribution in [2.75, 3.05) is 43.3 Å². The number of nitrogen functional groups attached to an aromatic ring is 1. The number of anilines is 3. The fourth-order valence-corrected chi connectivity index (χ4v) is 4.33. The molecule has 0 saturated carbocycles. The monoisotopic (exact) mass is 492 g/mol. The number of carbonyl (C=O) groups excluding carboxylic acids is 1. The average Bonchev–Trinajstić information content (AvgIpc) is 2.88. The number of carbonyl (C=O) groups is 1. The third-order valence-electron chi connectivity index (χ3n) is 6.30. The van der Waals surface area contributed by atoms with Crippen LogP contribution in [0.4, 0.5) is 17.2 Å². The van der Waals surface area contributed by atoms with Crippen molar-refractivity contribution >= 4 is 23.1 Å². The van der Waals surface area contributed by atoms with Crippen LogP contribution in [-0.2, 0) is 0 Å². The first-order valence-electron chi connectivity index (χ1n) is 11.8. The van der Waals surface area contributed by atoms with Crippen LogP contribution < -0.4 is 31.2 Å². The molecule has 0 aliphatic carbocycles. The molecule has 1 atom stereocenters. The number of nitrogens with one attached hydrogen (secondary N) is 1. The number of nitrogens with two attached hydrogens (primary N) is 2. The number of para-hydroxylation sites is 2. The predicted molar refractivity (Wildman–Crippen MR) is 139 cm³/mol. The van der Waals surface area contributed by atoms with Gasteiger partial charge in [-0.05, 0) is 44.0 Å². The molecule has 10 nitrogen and oxygen atoms in total. The standard InChI is InChI=1S/C26H32N6O4/c1-15(33)18-12-16(13-22(35-2)24(18)36-3)20-14-29-25(28)23(30-20)26(34)31-19-6-4-5-7-21(19)32-10-8-17(27)9-11-32/h4-7,12-15,17,33H,8-11,27H2,1-3H3,(H2,28,29)(H,31,34). The number of aliphatic hydroxyl groups is 1. The quantitative estimate of drug-likeness (QED) is 0.390. The second kappa shape index (κ2) is 10.8. The van der Waals surface area contributed by atoms with Crippen molar-refractivity contribution in [2.24, 2.45) is 5.73 Å². The van der Waals surface area contributed by atoms with E-state index in [1.807, 2.05) is 24.3 Å². The highest BCUT2D eigenvalue weighted by Crippen LogP contribution is 2.39. The molecule has 1 aliphatic heterocycles. The lowest BCUT2D eigenvalue weighted by Crippen LogP contribution is -2.40. The lowest BCUT2D eigenvalue weighted by atomic mass is 10.0. The van der Waals surface area contributed by atoms with Crippen LogP contribution >= 0.6 is 0 Å². The minimum absolute atomic E-state index is 0.00338. The van der Waals surface area contributed by atoms with Gasteiger partial charge in [0, 0.05) is 30.3 Å². The number of ether oxygens (including phenoxy) is 2. The highest BCUT2D eigenvalue weighted by molar-refractivity contribution is 6.07. The van der Waals surface area contributed by atoms with Crippen molar-refractivity contribution in [2.45, 2.75) is 31.9 Å². The van der Waals surface area contributed by atoms with Gasteiger partial charge in [0.2, 0.25) is 0 Å². The Hall–Kier alpha value is -3.89. The van der Waals surface area contributed by atoms with E-state index in [4.69, 9.17) is 20.9 Å². The molecular weight excluding hydrogens is 460 g/mol. The van der Waals surface area contributed by atoms with E-state index in [1.165, 1.54) is 20.4 Å². The van der Waals surface area contributed by atoms with E-state index in [9.17, 15) is 9.90 Å². The van der Waals surface area contributed by atoms with Gasteiger partial charge in [-0.25, -0.2) is 9.97 Å². The molecular formula is C26H32N6O4. The topological polar surface area (TPSA) is 149 Å². The van der Waals surface area contributed by atoms with E-state index in [0.29, 0.717) is 34.0 Å². The van der Waals surface area contributed by atoms with Crippen molar-refractivity contribution in [3.63, 3.8) is 0 Å². The molecule has 4 rings (SSSR count). The Labute approximate surface area is 210 Å². The molecule has 1 aliphatic rings. The first-order chi connectivity index (χ1) is 17.3. The Kier molecular flexibility index (Phi) is 7.56. The Balaban J connectivity index is 1.66. The van der Waals surface area contributed by atoms with Crippen molar-refractivity contribution in [1.82, 2.24) is 9.97 Å². The molecule has 0 spiro atoms. The second-order valence-corrected chi connectivity index (χ2v) is 8.76. The maximum absolute atomic E-state index is 13.3. The van der Waals surface area contributed by atoms with Crippen molar-refractivity contribution in [3.05, 3.63) is 53.9 Å². The summed E-state index contributed by atoms with van der Waals surface area (Å²) in [5.74, 6) is 0.381. The maximum atomic E-state index is 13.3. The fourth-order valence-electron chi connectivity index (χ4n) is 4.33. The Morgan fingerprint density at radius 3 is 2.58 bits per heavy atom. The van der Waals surface area contributed by atoms with E-state index >= 15 is 0 Å². The number of methoxy groups -OCH3 is 2. The van der Waals surface area contributed by atoms with Gasteiger partial charge in [-0.2, -0.15) is 0 Å². The highest BCUT2D eigenvalue weighted by Gasteiger charge is 2.22. The summed E-state index contributed by atoms with van der Waals surface area (Å²) in [6.07, 6.45) is 2.44. The fraction of sp³-hybridized carbons (Fsp3) is 0.346. The van der Waals surface area contributed by atoms with Gasteiger partial charge in [0.15, 0.2) is 23.0 Å². The zero-order chi connectivity index (χ0) is 25.8. The number of benzene rings is 2. The Morgan fingerprint density at radius 1 is 1.19 bits per heavy atom. The molecule has 3 aromatic rings. The van der Waals surface area contributed by atoms with Gasteiger partial charge in [-0.15, -0.1) is 0 Å². The molecule has 190 valence electrons. The summed E-state index contributed by atoms with van der Waals surface area (Å²) in [4.78, 5) is 24.2. The zero-order valence-corrected chi connectivity index (χ0v) is 20.7. The summed E-state index contributed by atoms with van der Waals surface area (Å²) in [5, 5.41) is 13.2. The second-order valence-electron chi connectivity index (χ2n) is 8.76. The van der Waals surface area contributed by atoms with Crippen LogP contribution in [0.2, 0.25) is 0 Å². The van der Waals surface area contributed by atoms with Crippen LogP contribution in [0, 0.1) is 0 Å². The molecule has 0 radical (unpaired) electrons. The van der Waals surface area contributed by atoms with Crippen LogP contribution in [0.25, 0.3) is 11.3 Å². The number of piperidine rings is 1. The summed E-state index contributed by atoms with van der Waals surface area (Å²) in [6.45, 7) is 3.26. The number of nitrogens with zero attached hydrogens (tertiary/aromatic N) is 3. The highest BCUT2D eigenvalue weighted by atomic mass is 16.5. The molecule has 1 amide bonds. The van der Waals surface area contributed by atoms with Crippen molar-refractivity contribution < 1.29 is 19.4 Å². The minimum atomic E-state index is -0.820. The first kappa shape index (κ1) is 25.2. The summed E-state index contributed by atoms with van der Waals surface area (Å²) in [6, 6.07) is 11.3. The molecule has 1 unspecified atom stereocenters.